The molecule has 0 radical (unpaired) electrons. The third-order valence-corrected chi connectivity index (χ3v) is 4.55. The Morgan fingerprint density at radius 1 is 1.09 bits per heavy atom. The van der Waals surface area contributed by atoms with Crippen LogP contribution in [-0.2, 0) is 11.3 Å². The number of hydrogen-bond acceptors (Lipinski definition) is 2. The van der Waals surface area contributed by atoms with Crippen molar-refractivity contribution in [1.29, 1.82) is 0 Å². The predicted octanol–water partition coefficient (Wildman–Crippen LogP) is 2.99. The fourth-order valence-corrected chi connectivity index (χ4v) is 2.79. The van der Waals surface area contributed by atoms with Crippen LogP contribution in [0.5, 0.6) is 0 Å². The van der Waals surface area contributed by atoms with Crippen molar-refractivity contribution in [2.24, 2.45) is 0 Å². The number of rotatable bonds is 5. The van der Waals surface area contributed by atoms with Gasteiger partial charge in [-0.15, -0.1) is 0 Å². The Kier molecular flexibility index (Phi) is 6.15. The molecule has 0 aromatic heterocycles. The summed E-state index contributed by atoms with van der Waals surface area (Å²) in [7, 11) is 1.74. The molecule has 0 fully saturated rings. The molecule has 0 aliphatic heterocycles. The Labute approximate surface area is 150 Å². The highest BCUT2D eigenvalue weighted by molar-refractivity contribution is 14.1. The van der Waals surface area contributed by atoms with Gasteiger partial charge in [0.25, 0.3) is 5.91 Å². The highest BCUT2D eigenvalue weighted by atomic mass is 127. The lowest BCUT2D eigenvalue weighted by molar-refractivity contribution is -0.129. The average molecular weight is 422 g/mol. The van der Waals surface area contributed by atoms with Gasteiger partial charge in [-0.2, -0.15) is 0 Å². The van der Waals surface area contributed by atoms with Crippen molar-refractivity contribution in [3.63, 3.8) is 0 Å². The maximum Gasteiger partial charge on any atom is 0.252 e. The SMILES string of the molecule is Cc1ccccc1CN(C)C(=O)CNC(=O)c1ccccc1I. The number of carbonyl (C=O) groups is 2. The monoisotopic (exact) mass is 422 g/mol. The normalized spacial score (nSPS) is 10.2. The molecule has 4 nitrogen and oxygen atoms in total. The molecule has 2 amide bonds. The molecule has 0 bridgehead atoms. The first-order chi connectivity index (χ1) is 11.0. The van der Waals surface area contributed by atoms with E-state index in [1.165, 1.54) is 0 Å². The first-order valence-electron chi connectivity index (χ1n) is 7.30. The van der Waals surface area contributed by atoms with E-state index in [-0.39, 0.29) is 18.4 Å². The van der Waals surface area contributed by atoms with Gasteiger partial charge in [0.05, 0.1) is 12.1 Å². The fraction of sp³-hybridized carbons (Fsp3) is 0.222. The van der Waals surface area contributed by atoms with E-state index in [4.69, 9.17) is 0 Å². The van der Waals surface area contributed by atoms with E-state index in [0.29, 0.717) is 12.1 Å². The maximum absolute atomic E-state index is 12.2. The van der Waals surface area contributed by atoms with Crippen molar-refractivity contribution in [3.05, 3.63) is 68.8 Å². The predicted molar refractivity (Wildman–Crippen MR) is 99.1 cm³/mol. The number of hydrogen-bond donors (Lipinski definition) is 1. The molecular weight excluding hydrogens is 403 g/mol. The zero-order valence-electron chi connectivity index (χ0n) is 13.2. The topological polar surface area (TPSA) is 49.4 Å². The van der Waals surface area contributed by atoms with Gasteiger partial charge in [0.2, 0.25) is 5.91 Å². The third-order valence-electron chi connectivity index (χ3n) is 3.61. The van der Waals surface area contributed by atoms with Gasteiger partial charge in [-0.05, 0) is 52.8 Å². The summed E-state index contributed by atoms with van der Waals surface area (Å²) in [6, 6.07) is 15.3. The number of carbonyl (C=O) groups excluding carboxylic acids is 2. The summed E-state index contributed by atoms with van der Waals surface area (Å²) in [5.74, 6) is -0.347. The summed E-state index contributed by atoms with van der Waals surface area (Å²) in [6.07, 6.45) is 0. The van der Waals surface area contributed by atoms with Crippen molar-refractivity contribution in [2.75, 3.05) is 13.6 Å². The lowest BCUT2D eigenvalue weighted by Crippen LogP contribution is -2.38. The second kappa shape index (κ2) is 8.10. The number of nitrogens with zero attached hydrogens (tertiary/aromatic N) is 1. The first-order valence-corrected chi connectivity index (χ1v) is 8.38. The minimum Gasteiger partial charge on any atom is -0.343 e. The van der Waals surface area contributed by atoms with E-state index in [0.717, 1.165) is 14.7 Å². The third kappa shape index (κ3) is 4.79. The van der Waals surface area contributed by atoms with Crippen molar-refractivity contribution < 1.29 is 9.59 Å². The molecule has 0 atom stereocenters. The first kappa shape index (κ1) is 17.5. The molecule has 0 heterocycles. The van der Waals surface area contributed by atoms with Crippen molar-refractivity contribution >= 4 is 34.4 Å². The molecule has 0 saturated heterocycles. The zero-order chi connectivity index (χ0) is 16.8. The fourth-order valence-electron chi connectivity index (χ4n) is 2.16. The van der Waals surface area contributed by atoms with E-state index in [1.807, 2.05) is 49.4 Å². The Morgan fingerprint density at radius 2 is 1.74 bits per heavy atom. The molecule has 23 heavy (non-hydrogen) atoms. The summed E-state index contributed by atoms with van der Waals surface area (Å²) in [5.41, 5.74) is 2.84. The Bertz CT molecular complexity index is 716. The van der Waals surface area contributed by atoms with Crippen LogP contribution in [0.2, 0.25) is 0 Å². The van der Waals surface area contributed by atoms with Crippen LogP contribution in [0.1, 0.15) is 21.5 Å². The van der Waals surface area contributed by atoms with Crippen LogP contribution in [0.25, 0.3) is 0 Å². The summed E-state index contributed by atoms with van der Waals surface area (Å²) < 4.78 is 0.864. The van der Waals surface area contributed by atoms with E-state index in [1.54, 1.807) is 18.0 Å². The zero-order valence-corrected chi connectivity index (χ0v) is 15.3. The molecule has 0 aliphatic rings. The second-order valence-corrected chi connectivity index (χ2v) is 6.50. The van der Waals surface area contributed by atoms with Gasteiger partial charge >= 0.3 is 0 Å². The number of amides is 2. The highest BCUT2D eigenvalue weighted by Gasteiger charge is 2.14. The van der Waals surface area contributed by atoms with Gasteiger partial charge in [0, 0.05) is 17.2 Å². The van der Waals surface area contributed by atoms with Gasteiger partial charge < -0.3 is 10.2 Å². The maximum atomic E-state index is 12.2. The van der Waals surface area contributed by atoms with Gasteiger partial charge in [-0.1, -0.05) is 36.4 Å². The lowest BCUT2D eigenvalue weighted by Gasteiger charge is -2.19. The number of aryl methyl sites for hydroxylation is 1. The average Bonchev–Trinajstić information content (AvgIpc) is 2.54. The second-order valence-electron chi connectivity index (χ2n) is 5.34. The Balaban J connectivity index is 1.91. The van der Waals surface area contributed by atoms with Crippen LogP contribution < -0.4 is 5.32 Å². The largest absolute Gasteiger partial charge is 0.343 e. The molecule has 1 N–H and O–H groups in total. The van der Waals surface area contributed by atoms with Crippen LogP contribution in [0.15, 0.2) is 48.5 Å². The van der Waals surface area contributed by atoms with Crippen molar-refractivity contribution in [2.45, 2.75) is 13.5 Å². The molecule has 2 rings (SSSR count). The van der Waals surface area contributed by atoms with Crippen LogP contribution >= 0.6 is 22.6 Å². The number of likely N-dealkylation sites (N-methyl/N-ethyl adjacent to an activating group) is 1. The number of nitrogens with one attached hydrogen (secondary N) is 1. The van der Waals surface area contributed by atoms with Crippen molar-refractivity contribution in [1.82, 2.24) is 10.2 Å². The molecule has 2 aromatic rings. The Hall–Kier alpha value is -1.89. The van der Waals surface area contributed by atoms with Crippen LogP contribution in [0.4, 0.5) is 0 Å². The quantitative estimate of drug-likeness (QED) is 0.754. The molecule has 0 unspecified atom stereocenters. The molecule has 2 aromatic carbocycles. The van der Waals surface area contributed by atoms with E-state index >= 15 is 0 Å². The molecule has 0 spiro atoms. The summed E-state index contributed by atoms with van der Waals surface area (Å²) in [6.45, 7) is 2.54. The van der Waals surface area contributed by atoms with Gasteiger partial charge in [0.1, 0.15) is 0 Å². The minimum atomic E-state index is -0.229. The van der Waals surface area contributed by atoms with Crippen LogP contribution in [-0.4, -0.2) is 30.3 Å². The van der Waals surface area contributed by atoms with Crippen LogP contribution in [0.3, 0.4) is 0 Å². The number of benzene rings is 2. The van der Waals surface area contributed by atoms with Gasteiger partial charge in [-0.3, -0.25) is 9.59 Å². The summed E-state index contributed by atoms with van der Waals surface area (Å²) in [5, 5.41) is 2.69. The molecule has 0 saturated carbocycles. The van der Waals surface area contributed by atoms with E-state index in [2.05, 4.69) is 27.9 Å². The minimum absolute atomic E-state index is 0.00775. The Morgan fingerprint density at radius 3 is 2.43 bits per heavy atom. The van der Waals surface area contributed by atoms with Crippen LogP contribution in [0, 0.1) is 10.5 Å². The molecule has 120 valence electrons. The van der Waals surface area contributed by atoms with Gasteiger partial charge in [-0.25, -0.2) is 0 Å². The van der Waals surface area contributed by atoms with E-state index in [9.17, 15) is 9.59 Å². The lowest BCUT2D eigenvalue weighted by atomic mass is 10.1. The van der Waals surface area contributed by atoms with Gasteiger partial charge in [0.15, 0.2) is 0 Å². The summed E-state index contributed by atoms with van der Waals surface area (Å²) >= 11 is 2.11. The van der Waals surface area contributed by atoms with E-state index < -0.39 is 0 Å². The molecule has 0 aliphatic carbocycles. The highest BCUT2D eigenvalue weighted by Crippen LogP contribution is 2.11. The smallest absolute Gasteiger partial charge is 0.252 e. The molecular formula is C18H19IN2O2. The molecule has 5 heteroatoms. The number of halogens is 1. The summed E-state index contributed by atoms with van der Waals surface area (Å²) in [4.78, 5) is 25.9. The standard InChI is InChI=1S/C18H19IN2O2/c1-13-7-3-4-8-14(13)12-21(2)17(22)11-20-18(23)15-9-5-6-10-16(15)19/h3-10H,11-12H2,1-2H3,(H,20,23). The van der Waals surface area contributed by atoms with Crippen molar-refractivity contribution in [3.8, 4) is 0 Å².